The summed E-state index contributed by atoms with van der Waals surface area (Å²) in [6.07, 6.45) is -0.433. The summed E-state index contributed by atoms with van der Waals surface area (Å²) < 4.78 is 10.7. The number of aliphatic imine (C=N–C) groups is 1. The average molecular weight is 339 g/mol. The number of oxazole rings is 1. The fraction of sp³-hybridized carbons (Fsp3) is 0.688. The number of carbonyl (C=O) groups excluding carboxylic acids is 1. The summed E-state index contributed by atoms with van der Waals surface area (Å²) >= 11 is 0. The molecule has 1 amide bonds. The van der Waals surface area contributed by atoms with Crippen molar-refractivity contribution in [2.45, 2.75) is 53.7 Å². The molecule has 0 saturated heterocycles. The average Bonchev–Trinajstić information content (AvgIpc) is 2.77. The lowest BCUT2D eigenvalue weighted by atomic mass is 10.2. The molecule has 0 aromatic carbocycles. The van der Waals surface area contributed by atoms with Crippen molar-refractivity contribution in [3.63, 3.8) is 0 Å². The third-order valence-corrected chi connectivity index (χ3v) is 2.88. The molecule has 8 heteroatoms. The molecule has 0 saturated carbocycles. The van der Waals surface area contributed by atoms with Gasteiger partial charge in [0.05, 0.1) is 5.69 Å². The smallest absolute Gasteiger partial charge is 0.407 e. The number of nitrogens with zero attached hydrogens (tertiary/aromatic N) is 2. The van der Waals surface area contributed by atoms with Crippen molar-refractivity contribution in [1.82, 2.24) is 20.9 Å². The monoisotopic (exact) mass is 339 g/mol. The first-order chi connectivity index (χ1) is 11.2. The number of carbonyl (C=O) groups is 1. The Labute approximate surface area is 143 Å². The Kier molecular flexibility index (Phi) is 7.54. The third kappa shape index (κ3) is 7.85. The number of nitrogens with one attached hydrogen (secondary N) is 3. The predicted octanol–water partition coefficient (Wildman–Crippen LogP) is 1.87. The molecule has 1 rings (SSSR count). The molecular formula is C16H29N5O3. The quantitative estimate of drug-likeness (QED) is 0.415. The zero-order valence-corrected chi connectivity index (χ0v) is 15.4. The van der Waals surface area contributed by atoms with Crippen LogP contribution in [0.2, 0.25) is 0 Å². The Bertz CT molecular complexity index is 541. The molecule has 1 aromatic heterocycles. The number of hydrogen-bond donors (Lipinski definition) is 3. The predicted molar refractivity (Wildman–Crippen MR) is 93.0 cm³/mol. The summed E-state index contributed by atoms with van der Waals surface area (Å²) in [4.78, 5) is 20.2. The molecule has 0 bridgehead atoms. The minimum atomic E-state index is -0.500. The number of rotatable bonds is 6. The van der Waals surface area contributed by atoms with Crippen LogP contribution in [0.1, 0.15) is 45.0 Å². The van der Waals surface area contributed by atoms with Gasteiger partial charge in [0.1, 0.15) is 17.9 Å². The van der Waals surface area contributed by atoms with E-state index in [2.05, 4.69) is 25.9 Å². The summed E-state index contributed by atoms with van der Waals surface area (Å²) in [5.74, 6) is 2.02. The van der Waals surface area contributed by atoms with E-state index >= 15 is 0 Å². The van der Waals surface area contributed by atoms with Gasteiger partial charge in [0.2, 0.25) is 5.89 Å². The maximum atomic E-state index is 11.5. The van der Waals surface area contributed by atoms with Crippen LogP contribution in [0.15, 0.2) is 9.41 Å². The molecule has 0 spiro atoms. The summed E-state index contributed by atoms with van der Waals surface area (Å²) in [5, 5.41) is 8.94. The maximum absolute atomic E-state index is 11.5. The van der Waals surface area contributed by atoms with E-state index < -0.39 is 11.7 Å². The number of aryl methyl sites for hydroxylation is 2. The first-order valence-electron chi connectivity index (χ1n) is 8.13. The van der Waals surface area contributed by atoms with Crippen LogP contribution in [0, 0.1) is 13.8 Å². The van der Waals surface area contributed by atoms with Gasteiger partial charge in [-0.25, -0.2) is 14.8 Å². The van der Waals surface area contributed by atoms with Gasteiger partial charge in [0, 0.05) is 19.6 Å². The molecule has 0 aliphatic carbocycles. The maximum Gasteiger partial charge on any atom is 0.407 e. The lowest BCUT2D eigenvalue weighted by Gasteiger charge is -2.19. The van der Waals surface area contributed by atoms with E-state index in [9.17, 15) is 4.79 Å². The van der Waals surface area contributed by atoms with Gasteiger partial charge < -0.3 is 25.1 Å². The molecule has 1 heterocycles. The molecule has 1 aromatic rings. The van der Waals surface area contributed by atoms with Gasteiger partial charge in [0.25, 0.3) is 0 Å². The van der Waals surface area contributed by atoms with Gasteiger partial charge in [-0.1, -0.05) is 0 Å². The summed E-state index contributed by atoms with van der Waals surface area (Å²) in [6.45, 7) is 13.3. The molecule has 0 atom stereocenters. The number of amides is 1. The van der Waals surface area contributed by atoms with Crippen LogP contribution >= 0.6 is 0 Å². The Morgan fingerprint density at radius 1 is 1.21 bits per heavy atom. The van der Waals surface area contributed by atoms with E-state index in [0.29, 0.717) is 31.5 Å². The van der Waals surface area contributed by atoms with Crippen molar-refractivity contribution < 1.29 is 13.9 Å². The molecule has 3 N–H and O–H groups in total. The van der Waals surface area contributed by atoms with Crippen LogP contribution in [0.5, 0.6) is 0 Å². The normalized spacial score (nSPS) is 12.0. The van der Waals surface area contributed by atoms with E-state index in [1.807, 2.05) is 41.5 Å². The zero-order valence-electron chi connectivity index (χ0n) is 15.4. The Hall–Kier alpha value is -2.25. The molecule has 0 fully saturated rings. The summed E-state index contributed by atoms with van der Waals surface area (Å²) in [5.41, 5.74) is 0.375. The Morgan fingerprint density at radius 2 is 1.88 bits per heavy atom. The van der Waals surface area contributed by atoms with Crippen LogP contribution in [-0.4, -0.2) is 42.3 Å². The highest BCUT2D eigenvalue weighted by Crippen LogP contribution is 2.08. The highest BCUT2D eigenvalue weighted by atomic mass is 16.6. The number of alkyl carbamates (subject to hydrolysis) is 1. The minimum absolute atomic E-state index is 0.351. The van der Waals surface area contributed by atoms with Crippen molar-refractivity contribution >= 4 is 12.1 Å². The van der Waals surface area contributed by atoms with Crippen LogP contribution in [0.4, 0.5) is 4.79 Å². The van der Waals surface area contributed by atoms with Crippen LogP contribution < -0.4 is 16.0 Å². The molecule has 8 nitrogen and oxygen atoms in total. The molecule has 0 unspecified atom stereocenters. The lowest BCUT2D eigenvalue weighted by molar-refractivity contribution is 0.0529. The van der Waals surface area contributed by atoms with Crippen molar-refractivity contribution in [3.05, 3.63) is 17.3 Å². The van der Waals surface area contributed by atoms with Crippen molar-refractivity contribution in [2.75, 3.05) is 19.6 Å². The second-order valence-electron chi connectivity index (χ2n) is 6.30. The summed E-state index contributed by atoms with van der Waals surface area (Å²) in [6, 6.07) is 0. The Morgan fingerprint density at radius 3 is 2.42 bits per heavy atom. The highest BCUT2D eigenvalue weighted by Gasteiger charge is 2.15. The first kappa shape index (κ1) is 19.8. The molecule has 0 aliphatic rings. The lowest BCUT2D eigenvalue weighted by Crippen LogP contribution is -2.42. The standard InChI is InChI=1S/C16H29N5O3/c1-7-17-14(20-10-13-21-11(2)12(3)23-13)18-8-9-19-15(22)24-16(4,5)6/h7-10H2,1-6H3,(H,19,22)(H2,17,18,20). The van der Waals surface area contributed by atoms with Crippen LogP contribution in [0.25, 0.3) is 0 Å². The van der Waals surface area contributed by atoms with Gasteiger partial charge in [-0.2, -0.15) is 0 Å². The molecule has 0 radical (unpaired) electrons. The fourth-order valence-electron chi connectivity index (χ4n) is 1.75. The first-order valence-corrected chi connectivity index (χ1v) is 8.13. The largest absolute Gasteiger partial charge is 0.444 e. The van der Waals surface area contributed by atoms with E-state index in [1.54, 1.807) is 0 Å². The molecule has 0 aliphatic heterocycles. The van der Waals surface area contributed by atoms with Crippen LogP contribution in [-0.2, 0) is 11.3 Å². The number of aromatic nitrogens is 1. The molecule has 24 heavy (non-hydrogen) atoms. The van der Waals surface area contributed by atoms with Crippen molar-refractivity contribution in [3.8, 4) is 0 Å². The fourth-order valence-corrected chi connectivity index (χ4v) is 1.75. The van der Waals surface area contributed by atoms with Gasteiger partial charge in [-0.3, -0.25) is 0 Å². The van der Waals surface area contributed by atoms with Crippen molar-refractivity contribution in [2.24, 2.45) is 4.99 Å². The van der Waals surface area contributed by atoms with E-state index in [1.165, 1.54) is 0 Å². The van der Waals surface area contributed by atoms with Gasteiger partial charge in [-0.15, -0.1) is 0 Å². The Balaban J connectivity index is 2.40. The number of ether oxygens (including phenoxy) is 1. The topological polar surface area (TPSA) is 101 Å². The molecular weight excluding hydrogens is 310 g/mol. The van der Waals surface area contributed by atoms with Crippen LogP contribution in [0.3, 0.4) is 0 Å². The number of hydrogen-bond acceptors (Lipinski definition) is 5. The van der Waals surface area contributed by atoms with Crippen molar-refractivity contribution in [1.29, 1.82) is 0 Å². The second-order valence-corrected chi connectivity index (χ2v) is 6.30. The van der Waals surface area contributed by atoms with Gasteiger partial charge >= 0.3 is 6.09 Å². The highest BCUT2D eigenvalue weighted by molar-refractivity contribution is 5.79. The molecule has 136 valence electrons. The number of guanidine groups is 1. The van der Waals surface area contributed by atoms with Gasteiger partial charge in [-0.05, 0) is 41.5 Å². The van der Waals surface area contributed by atoms with E-state index in [4.69, 9.17) is 9.15 Å². The summed E-state index contributed by atoms with van der Waals surface area (Å²) in [7, 11) is 0. The third-order valence-electron chi connectivity index (χ3n) is 2.88. The minimum Gasteiger partial charge on any atom is -0.444 e. The zero-order chi connectivity index (χ0) is 18.2. The van der Waals surface area contributed by atoms with Gasteiger partial charge in [0.15, 0.2) is 5.96 Å². The SMILES string of the molecule is CCNC(=NCc1nc(C)c(C)o1)NCCNC(=O)OC(C)(C)C. The van der Waals surface area contributed by atoms with E-state index in [0.717, 1.165) is 18.0 Å². The van der Waals surface area contributed by atoms with E-state index in [-0.39, 0.29) is 0 Å². The second kappa shape index (κ2) is 9.14.